The van der Waals surface area contributed by atoms with Crippen LogP contribution in [0.4, 0.5) is 0 Å². The second-order valence-corrected chi connectivity index (χ2v) is 6.40. The van der Waals surface area contributed by atoms with E-state index in [9.17, 15) is 0 Å². The van der Waals surface area contributed by atoms with Gasteiger partial charge in [0.25, 0.3) is 0 Å². The standard InChI is InChI=1S/C17H19BrO2/c1-2-10-19-17-14(18)11-16(17)20-15-9-5-7-12-6-3-4-8-13(12)15/h3-9,14,16-17H,2,10-11H2,1H3. The third-order valence-corrected chi connectivity index (χ3v) is 4.62. The molecule has 1 aliphatic rings. The monoisotopic (exact) mass is 334 g/mol. The zero-order valence-corrected chi connectivity index (χ0v) is 13.2. The van der Waals surface area contributed by atoms with Gasteiger partial charge < -0.3 is 9.47 Å². The van der Waals surface area contributed by atoms with Gasteiger partial charge >= 0.3 is 0 Å². The summed E-state index contributed by atoms with van der Waals surface area (Å²) in [5.74, 6) is 0.956. The lowest BCUT2D eigenvalue weighted by Gasteiger charge is -2.41. The molecular weight excluding hydrogens is 316 g/mol. The van der Waals surface area contributed by atoms with E-state index in [4.69, 9.17) is 9.47 Å². The molecule has 0 spiro atoms. The number of hydrogen-bond acceptors (Lipinski definition) is 2. The van der Waals surface area contributed by atoms with Crippen LogP contribution in [0.2, 0.25) is 0 Å². The average molecular weight is 335 g/mol. The largest absolute Gasteiger partial charge is 0.487 e. The minimum Gasteiger partial charge on any atom is -0.487 e. The Labute approximate surface area is 128 Å². The molecule has 3 rings (SSSR count). The van der Waals surface area contributed by atoms with Crippen LogP contribution < -0.4 is 4.74 Å². The molecule has 20 heavy (non-hydrogen) atoms. The van der Waals surface area contributed by atoms with E-state index >= 15 is 0 Å². The smallest absolute Gasteiger partial charge is 0.127 e. The van der Waals surface area contributed by atoms with Crippen LogP contribution >= 0.6 is 15.9 Å². The summed E-state index contributed by atoms with van der Waals surface area (Å²) in [6.45, 7) is 2.92. The van der Waals surface area contributed by atoms with Gasteiger partial charge in [-0.2, -0.15) is 0 Å². The number of alkyl halides is 1. The van der Waals surface area contributed by atoms with E-state index in [2.05, 4.69) is 47.1 Å². The van der Waals surface area contributed by atoms with Crippen molar-refractivity contribution in [2.45, 2.75) is 36.8 Å². The molecule has 0 bridgehead atoms. The number of hydrogen-bond donors (Lipinski definition) is 0. The highest BCUT2D eigenvalue weighted by molar-refractivity contribution is 9.09. The summed E-state index contributed by atoms with van der Waals surface area (Å²) in [4.78, 5) is 0.411. The minimum absolute atomic E-state index is 0.150. The summed E-state index contributed by atoms with van der Waals surface area (Å²) in [6.07, 6.45) is 2.35. The second kappa shape index (κ2) is 6.15. The van der Waals surface area contributed by atoms with Crippen molar-refractivity contribution in [3.05, 3.63) is 42.5 Å². The lowest BCUT2D eigenvalue weighted by atomic mass is 9.91. The molecule has 2 nitrogen and oxygen atoms in total. The number of halogens is 1. The van der Waals surface area contributed by atoms with Crippen molar-refractivity contribution in [1.82, 2.24) is 0 Å². The molecule has 0 N–H and O–H groups in total. The van der Waals surface area contributed by atoms with Crippen LogP contribution in [0.1, 0.15) is 19.8 Å². The van der Waals surface area contributed by atoms with Crippen LogP contribution in [-0.2, 0) is 4.74 Å². The number of benzene rings is 2. The summed E-state index contributed by atoms with van der Waals surface area (Å²) in [5, 5.41) is 2.38. The fourth-order valence-electron chi connectivity index (χ4n) is 2.57. The topological polar surface area (TPSA) is 18.5 Å². The fourth-order valence-corrected chi connectivity index (χ4v) is 3.43. The van der Waals surface area contributed by atoms with Gasteiger partial charge in [0.1, 0.15) is 18.0 Å². The average Bonchev–Trinajstić information content (AvgIpc) is 2.47. The first-order valence-corrected chi connectivity index (χ1v) is 8.11. The first kappa shape index (κ1) is 13.9. The van der Waals surface area contributed by atoms with Gasteiger partial charge in [0, 0.05) is 23.2 Å². The molecule has 106 valence electrons. The van der Waals surface area contributed by atoms with Gasteiger partial charge in [0.2, 0.25) is 0 Å². The molecule has 0 amide bonds. The van der Waals surface area contributed by atoms with Crippen LogP contribution in [-0.4, -0.2) is 23.6 Å². The van der Waals surface area contributed by atoms with Gasteiger partial charge in [-0.15, -0.1) is 0 Å². The molecule has 0 aliphatic heterocycles. The SMILES string of the molecule is CCCOC1C(Br)CC1Oc1cccc2ccccc12. The van der Waals surface area contributed by atoms with Crippen LogP contribution in [0.15, 0.2) is 42.5 Å². The van der Waals surface area contributed by atoms with E-state index in [1.165, 1.54) is 10.8 Å². The maximum atomic E-state index is 6.19. The third kappa shape index (κ3) is 2.70. The Hall–Kier alpha value is -1.06. The maximum absolute atomic E-state index is 6.19. The first-order valence-electron chi connectivity index (χ1n) is 7.19. The van der Waals surface area contributed by atoms with Crippen molar-refractivity contribution in [3.63, 3.8) is 0 Å². The van der Waals surface area contributed by atoms with Crippen molar-refractivity contribution < 1.29 is 9.47 Å². The highest BCUT2D eigenvalue weighted by Crippen LogP contribution is 2.36. The van der Waals surface area contributed by atoms with Crippen LogP contribution in [0.5, 0.6) is 5.75 Å². The van der Waals surface area contributed by atoms with Crippen molar-refractivity contribution in [2.75, 3.05) is 6.61 Å². The van der Waals surface area contributed by atoms with E-state index in [1.54, 1.807) is 0 Å². The summed E-state index contributed by atoms with van der Waals surface area (Å²) >= 11 is 3.66. The summed E-state index contributed by atoms with van der Waals surface area (Å²) in [5.41, 5.74) is 0. The van der Waals surface area contributed by atoms with Gasteiger partial charge in [0.15, 0.2) is 0 Å². The van der Waals surface area contributed by atoms with Crippen LogP contribution in [0.25, 0.3) is 10.8 Å². The Morgan fingerprint density at radius 2 is 1.95 bits per heavy atom. The molecule has 1 fully saturated rings. The molecule has 0 radical (unpaired) electrons. The maximum Gasteiger partial charge on any atom is 0.127 e. The molecule has 0 heterocycles. The Bertz CT molecular complexity index is 579. The number of fused-ring (bicyclic) bond motifs is 1. The van der Waals surface area contributed by atoms with Crippen LogP contribution in [0, 0.1) is 0 Å². The molecule has 0 saturated heterocycles. The Balaban J connectivity index is 1.76. The van der Waals surface area contributed by atoms with Crippen LogP contribution in [0.3, 0.4) is 0 Å². The quantitative estimate of drug-likeness (QED) is 0.747. The highest BCUT2D eigenvalue weighted by Gasteiger charge is 2.42. The Morgan fingerprint density at radius 1 is 1.15 bits per heavy atom. The van der Waals surface area contributed by atoms with E-state index in [0.717, 1.165) is 25.2 Å². The highest BCUT2D eigenvalue weighted by atomic mass is 79.9. The molecule has 2 aromatic carbocycles. The lowest BCUT2D eigenvalue weighted by Crippen LogP contribution is -2.52. The molecule has 3 heteroatoms. The van der Waals surface area contributed by atoms with E-state index in [-0.39, 0.29) is 12.2 Å². The van der Waals surface area contributed by atoms with Crippen molar-refractivity contribution in [1.29, 1.82) is 0 Å². The van der Waals surface area contributed by atoms with Gasteiger partial charge in [-0.3, -0.25) is 0 Å². The summed E-state index contributed by atoms with van der Waals surface area (Å²) < 4.78 is 12.1. The zero-order chi connectivity index (χ0) is 13.9. The van der Waals surface area contributed by atoms with E-state index in [0.29, 0.717) is 4.83 Å². The summed E-state index contributed by atoms with van der Waals surface area (Å²) in [7, 11) is 0. The Morgan fingerprint density at radius 3 is 2.75 bits per heavy atom. The molecular formula is C17H19BrO2. The van der Waals surface area contributed by atoms with Gasteiger partial charge in [0.05, 0.1) is 0 Å². The van der Waals surface area contributed by atoms with Gasteiger partial charge in [-0.1, -0.05) is 59.3 Å². The second-order valence-electron chi connectivity index (χ2n) is 5.22. The predicted octanol–water partition coefficient (Wildman–Crippen LogP) is 4.55. The fraction of sp³-hybridized carbons (Fsp3) is 0.412. The first-order chi connectivity index (χ1) is 9.79. The number of rotatable bonds is 5. The predicted molar refractivity (Wildman–Crippen MR) is 85.7 cm³/mol. The molecule has 1 aliphatic carbocycles. The van der Waals surface area contributed by atoms with Crippen molar-refractivity contribution in [2.24, 2.45) is 0 Å². The van der Waals surface area contributed by atoms with Gasteiger partial charge in [-0.05, 0) is 17.9 Å². The molecule has 0 aromatic heterocycles. The molecule has 2 aromatic rings. The van der Waals surface area contributed by atoms with Gasteiger partial charge in [-0.25, -0.2) is 0 Å². The molecule has 3 unspecified atom stereocenters. The minimum atomic E-state index is 0.150. The van der Waals surface area contributed by atoms with E-state index in [1.807, 2.05) is 18.2 Å². The Kier molecular flexibility index (Phi) is 4.27. The van der Waals surface area contributed by atoms with Crippen molar-refractivity contribution >= 4 is 26.7 Å². The normalized spacial score (nSPS) is 25.4. The zero-order valence-electron chi connectivity index (χ0n) is 11.6. The third-order valence-electron chi connectivity index (χ3n) is 3.72. The molecule has 1 saturated carbocycles. The summed E-state index contributed by atoms with van der Waals surface area (Å²) in [6, 6.07) is 14.5. The molecule has 3 atom stereocenters. The van der Waals surface area contributed by atoms with E-state index < -0.39 is 0 Å². The van der Waals surface area contributed by atoms with Crippen molar-refractivity contribution in [3.8, 4) is 5.75 Å². The number of ether oxygens (including phenoxy) is 2. The lowest BCUT2D eigenvalue weighted by molar-refractivity contribution is -0.0757.